The van der Waals surface area contributed by atoms with Crippen LogP contribution < -0.4 is 4.90 Å². The third-order valence-electron chi connectivity index (χ3n) is 2.82. The summed E-state index contributed by atoms with van der Waals surface area (Å²) in [5.74, 6) is -0.00310. The number of nitrogens with zero attached hydrogens (tertiary/aromatic N) is 3. The molecule has 0 aliphatic carbocycles. The summed E-state index contributed by atoms with van der Waals surface area (Å²) in [6.07, 6.45) is 2.05. The molecule has 1 amide bonds. The monoisotopic (exact) mass is 317 g/mol. The molecule has 0 fully saturated rings. The number of carbonyl (C=O) groups excluding carboxylic acids is 1. The number of carbonyl (C=O) groups is 1. The Balaban J connectivity index is 2.12. The minimum absolute atomic E-state index is 0.00310. The van der Waals surface area contributed by atoms with E-state index in [2.05, 4.69) is 11.1 Å². The number of nitriles is 1. The zero-order valence-electron chi connectivity index (χ0n) is 11.6. The molecule has 0 radical (unpaired) electrons. The Labute approximate surface area is 132 Å². The van der Waals surface area contributed by atoms with E-state index >= 15 is 0 Å². The highest BCUT2D eigenvalue weighted by Gasteiger charge is 2.23. The molecule has 0 bridgehead atoms. The zero-order valence-corrected chi connectivity index (χ0v) is 13.2. The third-order valence-corrected chi connectivity index (χ3v) is 4.82. The molecule has 2 rings (SSSR count). The van der Waals surface area contributed by atoms with Crippen molar-refractivity contribution in [3.05, 3.63) is 41.9 Å². The fourth-order valence-corrected chi connectivity index (χ4v) is 3.66. The zero-order chi connectivity index (χ0) is 15.1. The quantitative estimate of drug-likeness (QED) is 0.764. The SMILES string of the molecule is CC(Sc1nccs1)C(=O)N(CCC#N)c1ccccc1. The summed E-state index contributed by atoms with van der Waals surface area (Å²) in [5.41, 5.74) is 0.823. The minimum Gasteiger partial charge on any atom is -0.310 e. The Kier molecular flexibility index (Phi) is 5.78. The lowest BCUT2D eigenvalue weighted by Gasteiger charge is -2.24. The number of amides is 1. The average molecular weight is 317 g/mol. The average Bonchev–Trinajstić information content (AvgIpc) is 3.01. The van der Waals surface area contributed by atoms with Crippen LogP contribution in [0.15, 0.2) is 46.2 Å². The van der Waals surface area contributed by atoms with Gasteiger partial charge in [-0.1, -0.05) is 30.0 Å². The molecule has 1 aromatic carbocycles. The number of aromatic nitrogens is 1. The number of thiazole rings is 1. The molecule has 0 N–H and O–H groups in total. The van der Waals surface area contributed by atoms with E-state index in [0.29, 0.717) is 13.0 Å². The van der Waals surface area contributed by atoms with Gasteiger partial charge in [-0.3, -0.25) is 4.79 Å². The van der Waals surface area contributed by atoms with E-state index in [0.717, 1.165) is 10.0 Å². The number of benzene rings is 1. The molecule has 1 heterocycles. The van der Waals surface area contributed by atoms with Gasteiger partial charge < -0.3 is 4.90 Å². The van der Waals surface area contributed by atoms with Crippen LogP contribution in [0.2, 0.25) is 0 Å². The maximum atomic E-state index is 12.6. The highest BCUT2D eigenvalue weighted by molar-refractivity contribution is 8.02. The standard InChI is InChI=1S/C15H15N3OS2/c1-12(21-15-17-9-11-20-15)14(19)18(10-5-8-16)13-6-3-2-4-7-13/h2-4,6-7,9,11-12H,5,10H2,1H3. The molecule has 4 nitrogen and oxygen atoms in total. The summed E-state index contributed by atoms with van der Waals surface area (Å²) in [5, 5.41) is 10.4. The lowest BCUT2D eigenvalue weighted by atomic mass is 10.2. The van der Waals surface area contributed by atoms with Crippen LogP contribution in [0.25, 0.3) is 0 Å². The summed E-state index contributed by atoms with van der Waals surface area (Å²) in [6, 6.07) is 11.6. The van der Waals surface area contributed by atoms with Crippen LogP contribution in [0.3, 0.4) is 0 Å². The third kappa shape index (κ3) is 4.31. The van der Waals surface area contributed by atoms with Gasteiger partial charge in [0.15, 0.2) is 4.34 Å². The van der Waals surface area contributed by atoms with Crippen LogP contribution in [-0.4, -0.2) is 22.7 Å². The van der Waals surface area contributed by atoms with Crippen molar-refractivity contribution in [3.63, 3.8) is 0 Å². The van der Waals surface area contributed by atoms with E-state index in [1.165, 1.54) is 23.1 Å². The molecule has 6 heteroatoms. The number of anilines is 1. The summed E-state index contributed by atoms with van der Waals surface area (Å²) in [4.78, 5) is 18.5. The second kappa shape index (κ2) is 7.81. The van der Waals surface area contributed by atoms with Gasteiger partial charge in [-0.25, -0.2) is 4.98 Å². The number of rotatable bonds is 6. The van der Waals surface area contributed by atoms with Crippen molar-refractivity contribution in [1.29, 1.82) is 5.26 Å². The van der Waals surface area contributed by atoms with Crippen molar-refractivity contribution in [1.82, 2.24) is 4.98 Å². The Morgan fingerprint density at radius 2 is 2.24 bits per heavy atom. The van der Waals surface area contributed by atoms with Gasteiger partial charge in [-0.05, 0) is 19.1 Å². The fourth-order valence-electron chi connectivity index (χ4n) is 1.83. The molecule has 21 heavy (non-hydrogen) atoms. The highest BCUT2D eigenvalue weighted by Crippen LogP contribution is 2.27. The van der Waals surface area contributed by atoms with Gasteiger partial charge in [0, 0.05) is 23.8 Å². The molecular formula is C15H15N3OS2. The van der Waals surface area contributed by atoms with Crippen molar-refractivity contribution in [2.75, 3.05) is 11.4 Å². The Morgan fingerprint density at radius 1 is 1.48 bits per heavy atom. The Hall–Kier alpha value is -1.84. The maximum Gasteiger partial charge on any atom is 0.240 e. The molecule has 1 unspecified atom stereocenters. The van der Waals surface area contributed by atoms with Gasteiger partial charge in [0.25, 0.3) is 0 Å². The number of hydrogen-bond acceptors (Lipinski definition) is 5. The molecule has 0 saturated heterocycles. The molecule has 0 aliphatic heterocycles. The molecule has 2 aromatic rings. The van der Waals surface area contributed by atoms with E-state index in [1.807, 2.05) is 42.6 Å². The maximum absolute atomic E-state index is 12.6. The second-order valence-corrected chi connectivity index (χ2v) is 6.77. The van der Waals surface area contributed by atoms with Gasteiger partial charge in [0.2, 0.25) is 5.91 Å². The van der Waals surface area contributed by atoms with Crippen molar-refractivity contribution in [2.24, 2.45) is 0 Å². The first-order valence-corrected chi connectivity index (χ1v) is 8.28. The van der Waals surface area contributed by atoms with Gasteiger partial charge in [0.1, 0.15) is 0 Å². The van der Waals surface area contributed by atoms with Crippen molar-refractivity contribution in [2.45, 2.75) is 22.9 Å². The van der Waals surface area contributed by atoms with E-state index in [4.69, 9.17) is 5.26 Å². The van der Waals surface area contributed by atoms with Crippen LogP contribution >= 0.6 is 23.1 Å². The van der Waals surface area contributed by atoms with Crippen LogP contribution in [0.1, 0.15) is 13.3 Å². The van der Waals surface area contributed by atoms with Gasteiger partial charge in [0.05, 0.1) is 17.7 Å². The van der Waals surface area contributed by atoms with Crippen molar-refractivity contribution < 1.29 is 4.79 Å². The summed E-state index contributed by atoms with van der Waals surface area (Å²) >= 11 is 2.97. The number of hydrogen-bond donors (Lipinski definition) is 0. The molecule has 0 spiro atoms. The Bertz CT molecular complexity index is 608. The number of para-hydroxylation sites is 1. The predicted octanol–water partition coefficient (Wildman–Crippen LogP) is 3.57. The molecule has 1 aromatic heterocycles. The number of thioether (sulfide) groups is 1. The van der Waals surface area contributed by atoms with E-state index in [9.17, 15) is 4.79 Å². The summed E-state index contributed by atoms with van der Waals surface area (Å²) in [7, 11) is 0. The van der Waals surface area contributed by atoms with E-state index < -0.39 is 0 Å². The van der Waals surface area contributed by atoms with Crippen LogP contribution in [-0.2, 0) is 4.79 Å². The summed E-state index contributed by atoms with van der Waals surface area (Å²) in [6.45, 7) is 2.28. The summed E-state index contributed by atoms with van der Waals surface area (Å²) < 4.78 is 0.879. The second-order valence-electron chi connectivity index (χ2n) is 4.29. The lowest BCUT2D eigenvalue weighted by molar-refractivity contribution is -0.117. The molecule has 108 valence electrons. The highest BCUT2D eigenvalue weighted by atomic mass is 32.2. The normalized spacial score (nSPS) is 11.6. The van der Waals surface area contributed by atoms with Crippen LogP contribution in [0, 0.1) is 11.3 Å². The van der Waals surface area contributed by atoms with E-state index in [-0.39, 0.29) is 11.2 Å². The largest absolute Gasteiger partial charge is 0.310 e. The molecular weight excluding hydrogens is 302 g/mol. The smallest absolute Gasteiger partial charge is 0.240 e. The van der Waals surface area contributed by atoms with Gasteiger partial charge in [-0.15, -0.1) is 11.3 Å². The first kappa shape index (κ1) is 15.5. The van der Waals surface area contributed by atoms with Crippen molar-refractivity contribution in [3.8, 4) is 6.07 Å². The van der Waals surface area contributed by atoms with E-state index in [1.54, 1.807) is 11.1 Å². The van der Waals surface area contributed by atoms with Crippen LogP contribution in [0.4, 0.5) is 5.69 Å². The first-order valence-electron chi connectivity index (χ1n) is 6.52. The first-order chi connectivity index (χ1) is 10.2. The predicted molar refractivity (Wildman–Crippen MR) is 86.5 cm³/mol. The topological polar surface area (TPSA) is 57.0 Å². The molecule has 0 saturated carbocycles. The molecule has 1 atom stereocenters. The lowest BCUT2D eigenvalue weighted by Crippen LogP contribution is -2.37. The van der Waals surface area contributed by atoms with Gasteiger partial charge >= 0.3 is 0 Å². The van der Waals surface area contributed by atoms with Crippen LogP contribution in [0.5, 0.6) is 0 Å². The minimum atomic E-state index is -0.241. The fraction of sp³-hybridized carbons (Fsp3) is 0.267. The molecule has 0 aliphatic rings. The Morgan fingerprint density at radius 3 is 2.86 bits per heavy atom. The van der Waals surface area contributed by atoms with Gasteiger partial charge in [-0.2, -0.15) is 5.26 Å². The van der Waals surface area contributed by atoms with Crippen molar-refractivity contribution >= 4 is 34.7 Å².